The van der Waals surface area contributed by atoms with Crippen molar-refractivity contribution in [2.24, 2.45) is 14.1 Å². The van der Waals surface area contributed by atoms with Gasteiger partial charge < -0.3 is 9.47 Å². The van der Waals surface area contributed by atoms with Crippen molar-refractivity contribution in [1.82, 2.24) is 9.13 Å². The van der Waals surface area contributed by atoms with Gasteiger partial charge in [0, 0.05) is 25.6 Å². The number of aromatic nitrogens is 2. The summed E-state index contributed by atoms with van der Waals surface area (Å²) in [6.07, 6.45) is 1.08. The Morgan fingerprint density at radius 2 is 1.59 bits per heavy atom. The van der Waals surface area contributed by atoms with Crippen molar-refractivity contribution in [2.45, 2.75) is 12.3 Å². The normalized spacial score (nSPS) is 17.6. The number of halogens is 3. The van der Waals surface area contributed by atoms with Gasteiger partial charge in [-0.3, -0.25) is 18.7 Å². The quantitative estimate of drug-likeness (QED) is 0.175. The topological polar surface area (TPSA) is 79.5 Å². The Morgan fingerprint density at radius 1 is 0.892 bits per heavy atom. The summed E-state index contributed by atoms with van der Waals surface area (Å²) in [5.41, 5.74) is 2.43. The van der Waals surface area contributed by atoms with E-state index in [4.69, 9.17) is 9.47 Å². The zero-order chi connectivity index (χ0) is 26.2. The van der Waals surface area contributed by atoms with Crippen molar-refractivity contribution in [3.63, 3.8) is 0 Å². The Kier molecular flexibility index (Phi) is 4.91. The van der Waals surface area contributed by atoms with Gasteiger partial charge in [0.25, 0.3) is 0 Å². The molecule has 37 heavy (non-hydrogen) atoms. The van der Waals surface area contributed by atoms with Crippen molar-refractivity contribution in [3.05, 3.63) is 98.4 Å². The lowest BCUT2D eigenvalue weighted by atomic mass is 9.84. The van der Waals surface area contributed by atoms with E-state index < -0.39 is 35.1 Å². The van der Waals surface area contributed by atoms with Crippen LogP contribution in [0.5, 0.6) is 11.5 Å². The van der Waals surface area contributed by atoms with Crippen molar-refractivity contribution in [2.75, 3.05) is 0 Å². The second kappa shape index (κ2) is 7.95. The average Bonchev–Trinajstić information content (AvgIpc) is 3.30. The Hall–Kier alpha value is -4.60. The maximum Gasteiger partial charge on any atom is 0.328 e. The highest BCUT2D eigenvalue weighted by Gasteiger charge is 2.38. The van der Waals surface area contributed by atoms with Crippen molar-refractivity contribution in [3.8, 4) is 11.5 Å². The van der Waals surface area contributed by atoms with Crippen LogP contribution in [-0.2, 0) is 18.9 Å². The van der Waals surface area contributed by atoms with Gasteiger partial charge in [0.15, 0.2) is 23.2 Å². The Morgan fingerprint density at radius 3 is 2.32 bits per heavy atom. The molecule has 2 aliphatic rings. The van der Waals surface area contributed by atoms with E-state index in [9.17, 15) is 27.6 Å². The maximum atomic E-state index is 13.7. The van der Waals surface area contributed by atoms with Crippen LogP contribution in [0.15, 0.2) is 53.0 Å². The molecular formula is C27H17F3N2O5. The first-order valence-corrected chi connectivity index (χ1v) is 11.3. The molecule has 7 nitrogen and oxygen atoms in total. The number of ether oxygens (including phenoxy) is 2. The molecule has 3 aromatic carbocycles. The van der Waals surface area contributed by atoms with Crippen LogP contribution in [0.25, 0.3) is 17.1 Å². The minimum Gasteiger partial charge on any atom is -0.452 e. The first kappa shape index (κ1) is 22.8. The van der Waals surface area contributed by atoms with Crippen molar-refractivity contribution >= 4 is 28.9 Å². The first-order valence-electron chi connectivity index (χ1n) is 11.3. The molecule has 6 rings (SSSR count). The monoisotopic (exact) mass is 506 g/mol. The molecule has 10 heteroatoms. The molecule has 0 spiro atoms. The third kappa shape index (κ3) is 3.40. The molecule has 4 aromatic rings. The zero-order valence-corrected chi connectivity index (χ0v) is 19.5. The van der Waals surface area contributed by atoms with Crippen LogP contribution in [0.1, 0.15) is 39.4 Å². The number of imidazole rings is 1. The van der Waals surface area contributed by atoms with E-state index in [0.29, 0.717) is 22.2 Å². The first-order chi connectivity index (χ1) is 17.6. The smallest absolute Gasteiger partial charge is 0.328 e. The number of nitrogens with zero attached hydrogens (tertiary/aromatic N) is 2. The van der Waals surface area contributed by atoms with Crippen molar-refractivity contribution in [1.29, 1.82) is 0 Å². The lowest BCUT2D eigenvalue weighted by molar-refractivity contribution is -0.135. The number of fused-ring (bicyclic) bond motifs is 4. The fourth-order valence-corrected chi connectivity index (χ4v) is 4.94. The molecule has 186 valence electrons. The summed E-state index contributed by atoms with van der Waals surface area (Å²) >= 11 is 0. The number of benzene rings is 3. The van der Waals surface area contributed by atoms with E-state index in [1.54, 1.807) is 32.3 Å². The number of carbonyl (C=O) groups is 2. The number of aryl methyl sites for hydroxylation is 2. The van der Waals surface area contributed by atoms with Gasteiger partial charge in [0.05, 0.1) is 23.0 Å². The number of Topliss-reactive ketones (excluding diaryl/α,β-unsaturated/α-hetero) is 1. The fraction of sp³-hybridized carbons (Fsp3) is 0.148. The highest BCUT2D eigenvalue weighted by molar-refractivity contribution is 6.15. The second-order valence-corrected chi connectivity index (χ2v) is 8.97. The minimum atomic E-state index is -1.62. The summed E-state index contributed by atoms with van der Waals surface area (Å²) in [5, 5.41) is 0. The van der Waals surface area contributed by atoms with E-state index in [0.717, 1.165) is 18.2 Å². The van der Waals surface area contributed by atoms with Gasteiger partial charge in [-0.15, -0.1) is 0 Å². The van der Waals surface area contributed by atoms with Crippen molar-refractivity contribution < 1.29 is 32.2 Å². The average molecular weight is 506 g/mol. The Labute approximate surface area is 207 Å². The zero-order valence-electron chi connectivity index (χ0n) is 19.5. The lowest BCUT2D eigenvalue weighted by Crippen LogP contribution is -2.21. The number of rotatable bonds is 2. The molecule has 0 fully saturated rings. The van der Waals surface area contributed by atoms with Crippen LogP contribution in [-0.4, -0.2) is 20.9 Å². The molecule has 0 bridgehead atoms. The molecule has 0 saturated heterocycles. The number of esters is 1. The summed E-state index contributed by atoms with van der Waals surface area (Å²) in [4.78, 5) is 37.9. The summed E-state index contributed by atoms with van der Waals surface area (Å²) < 4.78 is 55.1. The van der Waals surface area contributed by atoms with Crippen LogP contribution in [0.2, 0.25) is 0 Å². The molecule has 1 atom stereocenters. The third-order valence-electron chi connectivity index (χ3n) is 6.78. The molecule has 1 aromatic heterocycles. The van der Waals surface area contributed by atoms with E-state index in [-0.39, 0.29) is 40.5 Å². The van der Waals surface area contributed by atoms with E-state index in [1.165, 1.54) is 21.3 Å². The summed E-state index contributed by atoms with van der Waals surface area (Å²) in [7, 11) is 3.31. The predicted octanol–water partition coefficient (Wildman–Crippen LogP) is 4.35. The van der Waals surface area contributed by atoms with Crippen LogP contribution >= 0.6 is 0 Å². The number of ketones is 1. The van der Waals surface area contributed by atoms with Crippen LogP contribution in [0.3, 0.4) is 0 Å². The SMILES string of the molecule is Cn1c(=O)n(C)c2cc([C@H]3CC(=O)Oc4ccc5c(c43)O/C(=C/c3cc(F)c(F)c(F)c3)C5=O)ccc21. The summed E-state index contributed by atoms with van der Waals surface area (Å²) in [6, 6.07) is 9.84. The minimum absolute atomic E-state index is 0.0409. The second-order valence-electron chi connectivity index (χ2n) is 8.97. The number of hydrogen-bond acceptors (Lipinski definition) is 5. The molecule has 0 amide bonds. The Bertz CT molecular complexity index is 1760. The molecule has 0 aliphatic carbocycles. The number of hydrogen-bond donors (Lipinski definition) is 0. The molecule has 0 unspecified atom stereocenters. The molecule has 0 saturated carbocycles. The summed E-state index contributed by atoms with van der Waals surface area (Å²) in [5.74, 6) is -5.82. The van der Waals surface area contributed by atoms with Gasteiger partial charge in [-0.25, -0.2) is 18.0 Å². The highest BCUT2D eigenvalue weighted by Crippen LogP contribution is 2.49. The Balaban J connectivity index is 1.48. The number of allylic oxidation sites excluding steroid dienone is 1. The third-order valence-corrected chi connectivity index (χ3v) is 6.78. The fourth-order valence-electron chi connectivity index (χ4n) is 4.94. The molecular weight excluding hydrogens is 489 g/mol. The van der Waals surface area contributed by atoms with Gasteiger partial charge in [-0.1, -0.05) is 6.07 Å². The van der Waals surface area contributed by atoms with Gasteiger partial charge in [-0.2, -0.15) is 0 Å². The van der Waals surface area contributed by atoms with E-state index >= 15 is 0 Å². The largest absolute Gasteiger partial charge is 0.452 e. The van der Waals surface area contributed by atoms with Crippen LogP contribution in [0, 0.1) is 17.5 Å². The molecule has 2 aliphatic heterocycles. The van der Waals surface area contributed by atoms with Crippen LogP contribution < -0.4 is 15.2 Å². The van der Waals surface area contributed by atoms with Gasteiger partial charge in [-0.05, 0) is 53.6 Å². The van der Waals surface area contributed by atoms with E-state index in [2.05, 4.69) is 0 Å². The highest BCUT2D eigenvalue weighted by atomic mass is 19.2. The predicted molar refractivity (Wildman–Crippen MR) is 126 cm³/mol. The molecule has 0 radical (unpaired) electrons. The van der Waals surface area contributed by atoms with Gasteiger partial charge in [0.1, 0.15) is 11.5 Å². The summed E-state index contributed by atoms with van der Waals surface area (Å²) in [6.45, 7) is 0. The van der Waals surface area contributed by atoms with Gasteiger partial charge in [0.2, 0.25) is 5.78 Å². The maximum absolute atomic E-state index is 13.7. The number of carbonyl (C=O) groups excluding carboxylic acids is 2. The van der Waals surface area contributed by atoms with E-state index in [1.807, 2.05) is 0 Å². The standard InChI is InChI=1S/C27H17F3N2O5/c1-31-18-5-3-13(10-19(18)32(2)27(31)35)15-11-22(33)36-20-6-4-14-25(34)21(37-26(14)23(15)20)9-12-7-16(28)24(30)17(29)8-12/h3-10,15H,11H2,1-2H3/b21-9+/t15-/m1/s1. The van der Waals surface area contributed by atoms with Crippen LogP contribution in [0.4, 0.5) is 13.2 Å². The van der Waals surface area contributed by atoms with Gasteiger partial charge >= 0.3 is 11.7 Å². The molecule has 3 heterocycles. The molecule has 0 N–H and O–H groups in total. The lowest BCUT2D eigenvalue weighted by Gasteiger charge is -2.26.